The van der Waals surface area contributed by atoms with Gasteiger partial charge in [-0.25, -0.2) is 13.8 Å². The van der Waals surface area contributed by atoms with Gasteiger partial charge in [-0.05, 0) is 43.9 Å². The first-order valence-corrected chi connectivity index (χ1v) is 9.95. The molecule has 146 valence electrons. The van der Waals surface area contributed by atoms with Crippen LogP contribution in [0, 0.1) is 29.4 Å². The van der Waals surface area contributed by atoms with Gasteiger partial charge in [-0.15, -0.1) is 10.2 Å². The zero-order valence-corrected chi connectivity index (χ0v) is 16.0. The molecule has 9 heteroatoms. The highest BCUT2D eigenvalue weighted by Crippen LogP contribution is 2.74. The van der Waals surface area contributed by atoms with Gasteiger partial charge in [-0.3, -0.25) is 4.79 Å². The molecule has 0 spiro atoms. The number of hydrazone groups is 1. The van der Waals surface area contributed by atoms with E-state index in [0.717, 1.165) is 30.3 Å². The fraction of sp³-hybridized carbons (Fsp3) is 0.474. The summed E-state index contributed by atoms with van der Waals surface area (Å²) >= 11 is 1.41. The Morgan fingerprint density at radius 2 is 1.96 bits per heavy atom. The molecule has 2 bridgehead atoms. The Balaban J connectivity index is 1.24. The minimum Gasteiger partial charge on any atom is -0.468 e. The number of hydrogen-bond donors (Lipinski definition) is 0. The van der Waals surface area contributed by atoms with Crippen LogP contribution in [0.4, 0.5) is 8.78 Å². The highest BCUT2D eigenvalue weighted by Gasteiger charge is 2.73. The molecule has 28 heavy (non-hydrogen) atoms. The van der Waals surface area contributed by atoms with Gasteiger partial charge in [0.05, 0.1) is 18.1 Å². The summed E-state index contributed by atoms with van der Waals surface area (Å²) in [4.78, 5) is 13.1. The maximum atomic E-state index is 13.6. The van der Waals surface area contributed by atoms with Crippen LogP contribution < -0.4 is 4.74 Å². The van der Waals surface area contributed by atoms with Gasteiger partial charge in [-0.2, -0.15) is 5.10 Å². The number of carbonyl (C=O) groups excluding carboxylic acids is 1. The lowest BCUT2D eigenvalue weighted by molar-refractivity contribution is -0.226. The lowest BCUT2D eigenvalue weighted by Gasteiger charge is -2.69. The lowest BCUT2D eigenvalue weighted by atomic mass is 9.35. The third-order valence-corrected chi connectivity index (χ3v) is 6.66. The second-order valence-electron chi connectivity index (χ2n) is 8.09. The smallest absolute Gasteiger partial charge is 0.294 e. The van der Waals surface area contributed by atoms with Crippen LogP contribution in [0.2, 0.25) is 0 Å². The van der Waals surface area contributed by atoms with E-state index in [2.05, 4.69) is 15.3 Å². The first-order chi connectivity index (χ1) is 13.4. The molecule has 1 aromatic carbocycles. The molecule has 0 radical (unpaired) electrons. The molecular formula is C19H18F2N4O2S. The van der Waals surface area contributed by atoms with E-state index in [1.807, 2.05) is 6.92 Å². The molecule has 2 aromatic rings. The van der Waals surface area contributed by atoms with Crippen molar-refractivity contribution in [3.05, 3.63) is 40.4 Å². The van der Waals surface area contributed by atoms with E-state index in [9.17, 15) is 13.6 Å². The Kier molecular flexibility index (Phi) is 3.81. The fourth-order valence-corrected chi connectivity index (χ4v) is 5.36. The molecule has 3 saturated carbocycles. The molecule has 1 aromatic heterocycles. The number of nitrogens with zero attached hydrogens (tertiary/aromatic N) is 4. The van der Waals surface area contributed by atoms with Gasteiger partial charge in [-0.1, -0.05) is 11.3 Å². The molecule has 2 heterocycles. The molecule has 4 aliphatic rings. The molecule has 3 fully saturated rings. The van der Waals surface area contributed by atoms with Gasteiger partial charge in [0.2, 0.25) is 5.91 Å². The molecule has 0 saturated heterocycles. The maximum absolute atomic E-state index is 13.6. The van der Waals surface area contributed by atoms with Gasteiger partial charge in [0.1, 0.15) is 16.6 Å². The molecule has 1 unspecified atom stereocenters. The largest absolute Gasteiger partial charge is 0.468 e. The van der Waals surface area contributed by atoms with Crippen LogP contribution >= 0.6 is 11.3 Å². The maximum Gasteiger partial charge on any atom is 0.294 e. The van der Waals surface area contributed by atoms with E-state index in [-0.39, 0.29) is 11.3 Å². The quantitative estimate of drug-likeness (QED) is 0.763. The second kappa shape index (κ2) is 6.04. The summed E-state index contributed by atoms with van der Waals surface area (Å²) < 4.78 is 32.9. The van der Waals surface area contributed by atoms with Crippen LogP contribution in [-0.2, 0) is 4.79 Å². The van der Waals surface area contributed by atoms with Gasteiger partial charge in [0, 0.05) is 24.1 Å². The molecule has 1 aliphatic heterocycles. The molecular weight excluding hydrogens is 386 g/mol. The summed E-state index contributed by atoms with van der Waals surface area (Å²) in [7, 11) is 0. The molecule has 0 N–H and O–H groups in total. The number of hydrogen-bond acceptors (Lipinski definition) is 6. The fourth-order valence-electron chi connectivity index (χ4n) is 4.83. The zero-order valence-electron chi connectivity index (χ0n) is 15.2. The Labute approximate surface area is 164 Å². The highest BCUT2D eigenvalue weighted by atomic mass is 32.1. The highest BCUT2D eigenvalue weighted by molar-refractivity contribution is 7.12. The first kappa shape index (κ1) is 17.7. The molecule has 1 amide bonds. The average Bonchev–Trinajstić information content (AvgIpc) is 3.20. The normalized spacial score (nSPS) is 30.1. The average molecular weight is 404 g/mol. The van der Waals surface area contributed by atoms with Gasteiger partial charge in [0.25, 0.3) is 5.19 Å². The van der Waals surface area contributed by atoms with Crippen molar-refractivity contribution in [3.8, 4) is 5.19 Å². The summed E-state index contributed by atoms with van der Waals surface area (Å²) in [5.74, 6) is -1.37. The van der Waals surface area contributed by atoms with Gasteiger partial charge < -0.3 is 4.74 Å². The summed E-state index contributed by atoms with van der Waals surface area (Å²) in [5, 5.41) is 14.9. The second-order valence-corrected chi connectivity index (χ2v) is 9.23. The van der Waals surface area contributed by atoms with Crippen LogP contribution in [0.15, 0.2) is 23.3 Å². The Hall–Kier alpha value is -2.42. The molecule has 6 rings (SSSR count). The zero-order chi connectivity index (χ0) is 19.5. The van der Waals surface area contributed by atoms with Crippen LogP contribution in [-0.4, -0.2) is 33.9 Å². The van der Waals surface area contributed by atoms with Crippen LogP contribution in [0.1, 0.15) is 42.3 Å². The van der Waals surface area contributed by atoms with Crippen molar-refractivity contribution < 1.29 is 18.3 Å². The molecule has 1 atom stereocenters. The molecule has 6 nitrogen and oxygen atoms in total. The summed E-state index contributed by atoms with van der Waals surface area (Å²) in [6.45, 7) is 2.40. The number of ether oxygens (including phenoxy) is 1. The van der Waals surface area contributed by atoms with E-state index in [4.69, 9.17) is 4.74 Å². The number of benzene rings is 1. The Morgan fingerprint density at radius 1 is 1.25 bits per heavy atom. The van der Waals surface area contributed by atoms with Crippen molar-refractivity contribution in [2.75, 3.05) is 6.61 Å². The molecule has 3 aliphatic carbocycles. The number of aromatic nitrogens is 2. The number of amides is 1. The van der Waals surface area contributed by atoms with Gasteiger partial charge >= 0.3 is 0 Å². The predicted octanol–water partition coefficient (Wildman–Crippen LogP) is 3.63. The summed E-state index contributed by atoms with van der Waals surface area (Å²) in [6, 6.07) is 2.91. The van der Waals surface area contributed by atoms with Gasteiger partial charge in [0.15, 0.2) is 0 Å². The number of halogens is 2. The Morgan fingerprint density at radius 3 is 2.61 bits per heavy atom. The van der Waals surface area contributed by atoms with Crippen molar-refractivity contribution >= 4 is 23.5 Å². The van der Waals surface area contributed by atoms with E-state index in [1.165, 1.54) is 28.5 Å². The number of aryl methyl sites for hydroxylation is 1. The summed E-state index contributed by atoms with van der Waals surface area (Å²) in [5.41, 5.74) is 0.0188. The van der Waals surface area contributed by atoms with E-state index < -0.39 is 23.1 Å². The van der Waals surface area contributed by atoms with Crippen LogP contribution in [0.3, 0.4) is 0 Å². The van der Waals surface area contributed by atoms with Crippen molar-refractivity contribution in [1.29, 1.82) is 0 Å². The van der Waals surface area contributed by atoms with E-state index >= 15 is 0 Å². The van der Waals surface area contributed by atoms with Crippen molar-refractivity contribution in [2.24, 2.45) is 15.9 Å². The first-order valence-electron chi connectivity index (χ1n) is 9.13. The van der Waals surface area contributed by atoms with E-state index in [0.29, 0.717) is 23.8 Å². The SMILES string of the molecule is Cc1nnc(OCC23CC(C(=O)N4N=CCC4c4cc(F)cc(F)c4)(C2)C3)s1. The van der Waals surface area contributed by atoms with Crippen molar-refractivity contribution in [2.45, 2.75) is 38.6 Å². The minimum absolute atomic E-state index is 0.0130. The van der Waals surface area contributed by atoms with Crippen LogP contribution in [0.25, 0.3) is 0 Å². The van der Waals surface area contributed by atoms with Crippen LogP contribution in [0.5, 0.6) is 5.19 Å². The predicted molar refractivity (Wildman–Crippen MR) is 97.9 cm³/mol. The third-order valence-electron chi connectivity index (χ3n) is 5.91. The van der Waals surface area contributed by atoms with Crippen molar-refractivity contribution in [1.82, 2.24) is 15.2 Å². The minimum atomic E-state index is -0.650. The number of rotatable bonds is 5. The summed E-state index contributed by atoms with van der Waals surface area (Å²) in [6.07, 6.45) is 4.31. The van der Waals surface area contributed by atoms with Crippen molar-refractivity contribution in [3.63, 3.8) is 0 Å². The van der Waals surface area contributed by atoms with E-state index in [1.54, 1.807) is 6.21 Å². The standard InChI is InChI=1S/C19H18F2N4O2S/c1-11-23-24-17(28-11)27-10-18-7-19(8-18,9-18)16(26)25-15(2-3-22-25)12-4-13(20)6-14(21)5-12/h3-6,15H,2,7-10H2,1H3. The monoisotopic (exact) mass is 404 g/mol. The topological polar surface area (TPSA) is 67.7 Å². The lowest BCUT2D eigenvalue weighted by Crippen LogP contribution is -2.69. The third kappa shape index (κ3) is 2.71. The Bertz CT molecular complexity index is 952. The number of carbonyl (C=O) groups is 1.